The maximum absolute atomic E-state index is 12.6. The highest BCUT2D eigenvalue weighted by Crippen LogP contribution is 2.29. The summed E-state index contributed by atoms with van der Waals surface area (Å²) in [5.74, 6) is 0.380. The quantitative estimate of drug-likeness (QED) is 0.738. The summed E-state index contributed by atoms with van der Waals surface area (Å²) in [6.07, 6.45) is 2.73. The minimum atomic E-state index is -0.331. The third-order valence-electron chi connectivity index (χ3n) is 5.39. The summed E-state index contributed by atoms with van der Waals surface area (Å²) in [5, 5.41) is 11.2. The first kappa shape index (κ1) is 18.2. The first-order chi connectivity index (χ1) is 13.5. The van der Waals surface area contributed by atoms with Crippen LogP contribution in [0.4, 0.5) is 5.69 Å². The SMILES string of the molecule is Cc1cccc(N2CC(C(=O)NCCc3nnc4ccccn34)CC2=O)c1C. The lowest BCUT2D eigenvalue weighted by molar-refractivity contribution is -0.126. The molecule has 7 heteroatoms. The molecule has 1 unspecified atom stereocenters. The molecule has 144 valence electrons. The van der Waals surface area contributed by atoms with Gasteiger partial charge in [-0.2, -0.15) is 0 Å². The van der Waals surface area contributed by atoms with Gasteiger partial charge in [-0.3, -0.25) is 14.0 Å². The van der Waals surface area contributed by atoms with Crippen molar-refractivity contribution in [1.29, 1.82) is 0 Å². The van der Waals surface area contributed by atoms with Crippen molar-refractivity contribution in [2.75, 3.05) is 18.0 Å². The largest absolute Gasteiger partial charge is 0.355 e. The molecule has 1 aliphatic heterocycles. The number of carbonyl (C=O) groups is 2. The van der Waals surface area contributed by atoms with Gasteiger partial charge in [0.05, 0.1) is 5.92 Å². The average Bonchev–Trinajstić information content (AvgIpc) is 3.28. The number of amides is 2. The average molecular weight is 377 g/mol. The molecule has 3 heterocycles. The number of rotatable bonds is 5. The first-order valence-electron chi connectivity index (χ1n) is 9.47. The fourth-order valence-electron chi connectivity index (χ4n) is 3.65. The number of aryl methyl sites for hydroxylation is 1. The van der Waals surface area contributed by atoms with E-state index in [-0.39, 0.29) is 24.2 Å². The van der Waals surface area contributed by atoms with Crippen LogP contribution in [0.2, 0.25) is 0 Å². The molecule has 0 spiro atoms. The van der Waals surface area contributed by atoms with Crippen LogP contribution in [0.1, 0.15) is 23.4 Å². The summed E-state index contributed by atoms with van der Waals surface area (Å²) >= 11 is 0. The zero-order valence-corrected chi connectivity index (χ0v) is 16.1. The molecule has 1 fully saturated rings. The molecule has 2 aromatic heterocycles. The number of nitrogens with zero attached hydrogens (tertiary/aromatic N) is 4. The van der Waals surface area contributed by atoms with Crippen LogP contribution in [0.25, 0.3) is 5.65 Å². The van der Waals surface area contributed by atoms with Crippen LogP contribution in [0.15, 0.2) is 42.6 Å². The van der Waals surface area contributed by atoms with Gasteiger partial charge in [0.1, 0.15) is 5.82 Å². The van der Waals surface area contributed by atoms with Crippen LogP contribution in [-0.4, -0.2) is 39.5 Å². The zero-order chi connectivity index (χ0) is 19.7. The molecule has 4 rings (SSSR count). The number of nitrogens with one attached hydrogen (secondary N) is 1. The smallest absolute Gasteiger partial charge is 0.227 e. The normalized spacial score (nSPS) is 16.7. The predicted octanol–water partition coefficient (Wildman–Crippen LogP) is 2.06. The van der Waals surface area contributed by atoms with Crippen molar-refractivity contribution < 1.29 is 9.59 Å². The lowest BCUT2D eigenvalue weighted by Gasteiger charge is -2.20. The van der Waals surface area contributed by atoms with Crippen LogP contribution in [0.3, 0.4) is 0 Å². The van der Waals surface area contributed by atoms with Crippen molar-refractivity contribution in [3.8, 4) is 0 Å². The highest BCUT2D eigenvalue weighted by Gasteiger charge is 2.35. The van der Waals surface area contributed by atoms with Crippen molar-refractivity contribution in [2.24, 2.45) is 5.92 Å². The van der Waals surface area contributed by atoms with Crippen molar-refractivity contribution in [2.45, 2.75) is 26.7 Å². The topological polar surface area (TPSA) is 79.6 Å². The standard InChI is InChI=1S/C21H23N5O2/c1-14-6-5-7-17(15(14)2)26-13-16(12-20(26)27)21(28)22-10-9-19-24-23-18-8-3-4-11-25(18)19/h3-8,11,16H,9-10,12-13H2,1-2H3,(H,22,28). The molecule has 3 aromatic rings. The van der Waals surface area contributed by atoms with Gasteiger partial charge >= 0.3 is 0 Å². The number of pyridine rings is 1. The number of hydrogen-bond donors (Lipinski definition) is 1. The maximum atomic E-state index is 12.6. The molecule has 0 radical (unpaired) electrons. The lowest BCUT2D eigenvalue weighted by atomic mass is 10.1. The Morgan fingerprint density at radius 3 is 2.89 bits per heavy atom. The number of anilines is 1. The molecule has 0 aliphatic carbocycles. The third kappa shape index (κ3) is 3.35. The van der Waals surface area contributed by atoms with Crippen LogP contribution >= 0.6 is 0 Å². The Kier molecular flexibility index (Phi) is 4.81. The second-order valence-electron chi connectivity index (χ2n) is 7.21. The van der Waals surface area contributed by atoms with Gasteiger partial charge in [0, 0.05) is 37.8 Å². The van der Waals surface area contributed by atoms with E-state index in [9.17, 15) is 9.59 Å². The Labute approximate surface area is 163 Å². The van der Waals surface area contributed by atoms with Crippen LogP contribution in [-0.2, 0) is 16.0 Å². The molecular formula is C21H23N5O2. The Hall–Kier alpha value is -3.22. The summed E-state index contributed by atoms with van der Waals surface area (Å²) in [5.41, 5.74) is 3.90. The Morgan fingerprint density at radius 1 is 1.18 bits per heavy atom. The first-order valence-corrected chi connectivity index (χ1v) is 9.47. The summed E-state index contributed by atoms with van der Waals surface area (Å²) in [6.45, 7) is 4.91. The van der Waals surface area contributed by atoms with E-state index in [2.05, 4.69) is 15.5 Å². The third-order valence-corrected chi connectivity index (χ3v) is 5.39. The minimum Gasteiger partial charge on any atom is -0.355 e. The van der Waals surface area contributed by atoms with Crippen molar-refractivity contribution in [3.05, 3.63) is 59.5 Å². The van der Waals surface area contributed by atoms with E-state index in [4.69, 9.17) is 0 Å². The minimum absolute atomic E-state index is 0.00250. The van der Waals surface area contributed by atoms with Crippen molar-refractivity contribution >= 4 is 23.1 Å². The Bertz CT molecular complexity index is 1040. The van der Waals surface area contributed by atoms with E-state index in [1.165, 1.54) is 0 Å². The Morgan fingerprint density at radius 2 is 2.04 bits per heavy atom. The van der Waals surface area contributed by atoms with E-state index in [0.717, 1.165) is 28.3 Å². The van der Waals surface area contributed by atoms with E-state index in [0.29, 0.717) is 19.5 Å². The second kappa shape index (κ2) is 7.42. The molecule has 1 aliphatic rings. The molecule has 1 atom stereocenters. The van der Waals surface area contributed by atoms with E-state index in [1.54, 1.807) is 4.90 Å². The second-order valence-corrected chi connectivity index (χ2v) is 7.21. The van der Waals surface area contributed by atoms with Gasteiger partial charge in [-0.1, -0.05) is 18.2 Å². The summed E-state index contributed by atoms with van der Waals surface area (Å²) in [6, 6.07) is 11.6. The highest BCUT2D eigenvalue weighted by atomic mass is 16.2. The molecule has 2 amide bonds. The number of fused-ring (bicyclic) bond motifs is 1. The van der Waals surface area contributed by atoms with Gasteiger partial charge in [0.2, 0.25) is 11.8 Å². The molecule has 1 saturated heterocycles. The molecule has 28 heavy (non-hydrogen) atoms. The fourth-order valence-corrected chi connectivity index (χ4v) is 3.65. The number of aromatic nitrogens is 3. The number of hydrogen-bond acceptors (Lipinski definition) is 4. The monoisotopic (exact) mass is 377 g/mol. The molecule has 7 nitrogen and oxygen atoms in total. The molecule has 1 N–H and O–H groups in total. The Balaban J connectivity index is 1.36. The highest BCUT2D eigenvalue weighted by molar-refractivity contribution is 6.00. The van der Waals surface area contributed by atoms with Gasteiger partial charge in [-0.15, -0.1) is 10.2 Å². The van der Waals surface area contributed by atoms with E-state index >= 15 is 0 Å². The van der Waals surface area contributed by atoms with Crippen LogP contribution in [0, 0.1) is 19.8 Å². The lowest BCUT2D eigenvalue weighted by Crippen LogP contribution is -2.34. The van der Waals surface area contributed by atoms with Gasteiger partial charge in [-0.05, 0) is 43.2 Å². The van der Waals surface area contributed by atoms with Crippen LogP contribution in [0.5, 0.6) is 0 Å². The van der Waals surface area contributed by atoms with Gasteiger partial charge in [0.15, 0.2) is 5.65 Å². The van der Waals surface area contributed by atoms with E-state index in [1.807, 2.05) is 60.8 Å². The zero-order valence-electron chi connectivity index (χ0n) is 16.1. The predicted molar refractivity (Wildman–Crippen MR) is 106 cm³/mol. The summed E-state index contributed by atoms with van der Waals surface area (Å²) < 4.78 is 1.91. The van der Waals surface area contributed by atoms with Crippen molar-refractivity contribution in [1.82, 2.24) is 19.9 Å². The maximum Gasteiger partial charge on any atom is 0.227 e. The van der Waals surface area contributed by atoms with E-state index < -0.39 is 0 Å². The fraction of sp³-hybridized carbons (Fsp3) is 0.333. The van der Waals surface area contributed by atoms with Crippen molar-refractivity contribution in [3.63, 3.8) is 0 Å². The molecule has 0 saturated carbocycles. The van der Waals surface area contributed by atoms with Gasteiger partial charge in [0.25, 0.3) is 0 Å². The number of carbonyl (C=O) groups excluding carboxylic acids is 2. The summed E-state index contributed by atoms with van der Waals surface area (Å²) in [4.78, 5) is 26.8. The van der Waals surface area contributed by atoms with Gasteiger partial charge < -0.3 is 10.2 Å². The molecular weight excluding hydrogens is 354 g/mol. The molecule has 1 aromatic carbocycles. The molecule has 0 bridgehead atoms. The van der Waals surface area contributed by atoms with Crippen LogP contribution < -0.4 is 10.2 Å². The number of benzene rings is 1. The van der Waals surface area contributed by atoms with Gasteiger partial charge in [-0.25, -0.2) is 0 Å². The summed E-state index contributed by atoms with van der Waals surface area (Å²) in [7, 11) is 0.